The molecule has 0 radical (unpaired) electrons. The van der Waals surface area contributed by atoms with Gasteiger partial charge in [-0.1, -0.05) is 71.1 Å². The molecule has 5 heteroatoms. The Balaban J connectivity index is 3.56. The van der Waals surface area contributed by atoms with Gasteiger partial charge < -0.3 is 13.3 Å². The minimum absolute atomic E-state index is 0.140. The van der Waals surface area contributed by atoms with E-state index in [4.69, 9.17) is 13.3 Å². The lowest BCUT2D eigenvalue weighted by atomic mass is 10.1. The monoisotopic (exact) mass is 350 g/mol. The molecule has 0 amide bonds. The highest BCUT2D eigenvalue weighted by atomic mass is 28.4. The topological polar surface area (TPSA) is 27.7 Å². The Morgan fingerprint density at radius 2 is 1.17 bits per heavy atom. The zero-order chi connectivity index (χ0) is 17.4. The van der Waals surface area contributed by atoms with Crippen LogP contribution in [0.2, 0.25) is 0 Å². The first-order valence-corrected chi connectivity index (χ1v) is 11.3. The second-order valence-electron chi connectivity index (χ2n) is 6.25. The fraction of sp³-hybridized carbons (Fsp3) is 1.00. The van der Waals surface area contributed by atoms with Crippen LogP contribution in [0.4, 0.5) is 4.11 Å². The molecule has 1 atom stereocenters. The summed E-state index contributed by atoms with van der Waals surface area (Å²) in [7, 11) is -3.91. The molecule has 1 unspecified atom stereocenters. The summed E-state index contributed by atoms with van der Waals surface area (Å²) >= 11 is 0. The van der Waals surface area contributed by atoms with Crippen molar-refractivity contribution in [3.05, 3.63) is 0 Å². The van der Waals surface area contributed by atoms with Crippen LogP contribution in [0.25, 0.3) is 0 Å². The third kappa shape index (κ3) is 14.1. The molecule has 3 nitrogen and oxygen atoms in total. The van der Waals surface area contributed by atoms with Crippen LogP contribution in [-0.4, -0.2) is 28.5 Å². The SMILES string of the molecule is CCCCCCCCCCCCC(C)O[Si](F)(OCC)OCC. The molecular formula is C18H39FO3Si. The maximum atomic E-state index is 14.3. The Bertz CT molecular complexity index is 248. The van der Waals surface area contributed by atoms with E-state index in [1.54, 1.807) is 13.8 Å². The Labute approximate surface area is 144 Å². The Morgan fingerprint density at radius 1 is 0.739 bits per heavy atom. The second-order valence-corrected chi connectivity index (χ2v) is 8.02. The van der Waals surface area contributed by atoms with Crippen molar-refractivity contribution in [1.29, 1.82) is 0 Å². The van der Waals surface area contributed by atoms with Crippen LogP contribution < -0.4 is 0 Å². The lowest BCUT2D eigenvalue weighted by Gasteiger charge is -2.23. The summed E-state index contributed by atoms with van der Waals surface area (Å²) < 4.78 is 29.9. The molecule has 0 aromatic rings. The van der Waals surface area contributed by atoms with Crippen LogP contribution in [0, 0.1) is 0 Å². The molecule has 140 valence electrons. The predicted octanol–water partition coefficient (Wildman–Crippen LogP) is 6.18. The molecule has 0 spiro atoms. The van der Waals surface area contributed by atoms with Crippen LogP contribution in [-0.2, 0) is 13.3 Å². The zero-order valence-electron chi connectivity index (χ0n) is 15.9. The first kappa shape index (κ1) is 23.0. The van der Waals surface area contributed by atoms with Crippen molar-refractivity contribution in [2.75, 3.05) is 13.2 Å². The van der Waals surface area contributed by atoms with Gasteiger partial charge in [0.05, 0.1) is 0 Å². The highest BCUT2D eigenvalue weighted by Crippen LogP contribution is 2.18. The fourth-order valence-corrected chi connectivity index (χ4v) is 4.18. The molecule has 0 aliphatic rings. The van der Waals surface area contributed by atoms with Crippen molar-refractivity contribution >= 4 is 9.14 Å². The van der Waals surface area contributed by atoms with Crippen LogP contribution >= 0.6 is 0 Å². The summed E-state index contributed by atoms with van der Waals surface area (Å²) in [6.45, 7) is 8.25. The van der Waals surface area contributed by atoms with E-state index in [9.17, 15) is 4.11 Å². The molecule has 0 aromatic heterocycles. The van der Waals surface area contributed by atoms with Crippen molar-refractivity contribution in [2.24, 2.45) is 0 Å². The highest BCUT2D eigenvalue weighted by Gasteiger charge is 2.45. The van der Waals surface area contributed by atoms with Crippen molar-refractivity contribution in [2.45, 2.75) is 104 Å². The summed E-state index contributed by atoms with van der Waals surface area (Å²) in [6, 6.07) is 0. The Kier molecular flexibility index (Phi) is 15.6. The Morgan fingerprint density at radius 3 is 1.61 bits per heavy atom. The minimum atomic E-state index is -3.91. The summed E-state index contributed by atoms with van der Waals surface area (Å²) in [5, 5.41) is 0. The van der Waals surface area contributed by atoms with Gasteiger partial charge in [0.25, 0.3) is 0 Å². The largest absolute Gasteiger partial charge is 0.720 e. The van der Waals surface area contributed by atoms with E-state index in [1.165, 1.54) is 57.8 Å². The van der Waals surface area contributed by atoms with Gasteiger partial charge in [-0.3, -0.25) is 0 Å². The van der Waals surface area contributed by atoms with Gasteiger partial charge in [0.15, 0.2) is 0 Å². The van der Waals surface area contributed by atoms with Gasteiger partial charge in [0.1, 0.15) is 0 Å². The van der Waals surface area contributed by atoms with E-state index in [-0.39, 0.29) is 19.3 Å². The summed E-state index contributed by atoms with van der Waals surface area (Å²) in [5.41, 5.74) is 0. The maximum Gasteiger partial charge on any atom is 0.720 e. The van der Waals surface area contributed by atoms with Gasteiger partial charge in [-0.2, -0.15) is 0 Å². The normalized spacial score (nSPS) is 13.4. The molecule has 0 saturated heterocycles. The quantitative estimate of drug-likeness (QED) is 0.178. The second kappa shape index (κ2) is 15.5. The van der Waals surface area contributed by atoms with Crippen LogP contribution in [0.15, 0.2) is 0 Å². The van der Waals surface area contributed by atoms with E-state index in [0.29, 0.717) is 0 Å². The third-order valence-electron chi connectivity index (χ3n) is 3.94. The first-order valence-electron chi connectivity index (χ1n) is 9.72. The first-order chi connectivity index (χ1) is 11.1. The number of halogens is 1. The zero-order valence-corrected chi connectivity index (χ0v) is 16.9. The standard InChI is InChI=1S/C18H39FO3Si/c1-5-8-9-10-11-12-13-14-15-16-17-18(4)22-23(19,20-6-2)21-7-3/h18H,5-17H2,1-4H3. The average molecular weight is 351 g/mol. The lowest BCUT2D eigenvalue weighted by molar-refractivity contribution is -0.000743. The molecule has 0 rings (SSSR count). The maximum absolute atomic E-state index is 14.3. The van der Waals surface area contributed by atoms with Crippen LogP contribution in [0.5, 0.6) is 0 Å². The van der Waals surface area contributed by atoms with E-state index in [0.717, 1.165) is 12.8 Å². The van der Waals surface area contributed by atoms with Crippen molar-refractivity contribution in [3.63, 3.8) is 0 Å². The summed E-state index contributed by atoms with van der Waals surface area (Å²) in [5.74, 6) is 0. The highest BCUT2D eigenvalue weighted by molar-refractivity contribution is 6.52. The number of unbranched alkanes of at least 4 members (excludes halogenated alkanes) is 9. The number of hydrogen-bond donors (Lipinski definition) is 0. The average Bonchev–Trinajstić information content (AvgIpc) is 2.49. The molecule has 0 heterocycles. The molecule has 0 N–H and O–H groups in total. The van der Waals surface area contributed by atoms with Crippen molar-refractivity contribution in [3.8, 4) is 0 Å². The van der Waals surface area contributed by atoms with E-state index in [1.807, 2.05) is 6.92 Å². The molecule has 0 aliphatic carbocycles. The molecule has 0 aliphatic heterocycles. The van der Waals surface area contributed by atoms with E-state index < -0.39 is 9.14 Å². The molecule has 0 saturated carbocycles. The van der Waals surface area contributed by atoms with Crippen molar-refractivity contribution in [1.82, 2.24) is 0 Å². The van der Waals surface area contributed by atoms with Crippen LogP contribution in [0.1, 0.15) is 98.3 Å². The smallest absolute Gasteiger partial charge is 0.348 e. The fourth-order valence-electron chi connectivity index (χ4n) is 2.67. The van der Waals surface area contributed by atoms with E-state index >= 15 is 0 Å². The number of hydrogen-bond acceptors (Lipinski definition) is 3. The molecular weight excluding hydrogens is 311 g/mol. The van der Waals surface area contributed by atoms with Gasteiger partial charge in [0.2, 0.25) is 0 Å². The van der Waals surface area contributed by atoms with Gasteiger partial charge in [-0.05, 0) is 27.2 Å². The molecule has 0 aromatic carbocycles. The van der Waals surface area contributed by atoms with Gasteiger partial charge in [0, 0.05) is 19.3 Å². The third-order valence-corrected chi connectivity index (χ3v) is 5.89. The Hall–Kier alpha value is 0.0269. The van der Waals surface area contributed by atoms with Gasteiger partial charge in [-0.25, -0.2) is 4.11 Å². The minimum Gasteiger partial charge on any atom is -0.348 e. The van der Waals surface area contributed by atoms with Crippen LogP contribution in [0.3, 0.4) is 0 Å². The van der Waals surface area contributed by atoms with Gasteiger partial charge in [-0.15, -0.1) is 0 Å². The van der Waals surface area contributed by atoms with E-state index in [2.05, 4.69) is 6.92 Å². The lowest BCUT2D eigenvalue weighted by Crippen LogP contribution is -2.44. The molecule has 0 bridgehead atoms. The van der Waals surface area contributed by atoms with Crippen molar-refractivity contribution < 1.29 is 17.4 Å². The summed E-state index contributed by atoms with van der Waals surface area (Å²) in [6.07, 6.45) is 13.8. The predicted molar refractivity (Wildman–Crippen MR) is 97.1 cm³/mol. The molecule has 0 fully saturated rings. The van der Waals surface area contributed by atoms with Gasteiger partial charge >= 0.3 is 9.14 Å². The molecule has 23 heavy (non-hydrogen) atoms. The summed E-state index contributed by atoms with van der Waals surface area (Å²) in [4.78, 5) is 0. The number of rotatable bonds is 17.